The standard InChI is InChI=1S/C18H19BrN2O4S/c1-13-6-7-14(18(22)20-16-5-3-2-4-15(16)19)12-17(13)26(23,24)21-8-10-25-11-9-21/h2-7,12H,8-11H2,1H3,(H,20,22). The van der Waals surface area contributed by atoms with E-state index in [1.807, 2.05) is 18.2 Å². The molecule has 138 valence electrons. The number of rotatable bonds is 4. The summed E-state index contributed by atoms with van der Waals surface area (Å²) in [6.07, 6.45) is 0. The average molecular weight is 439 g/mol. The summed E-state index contributed by atoms with van der Waals surface area (Å²) in [4.78, 5) is 12.7. The minimum atomic E-state index is -3.67. The molecule has 1 aliphatic heterocycles. The van der Waals surface area contributed by atoms with Crippen LogP contribution in [0.1, 0.15) is 15.9 Å². The Labute approximate surface area is 161 Å². The monoisotopic (exact) mass is 438 g/mol. The fraction of sp³-hybridized carbons (Fsp3) is 0.278. The van der Waals surface area contributed by atoms with E-state index in [4.69, 9.17) is 4.74 Å². The van der Waals surface area contributed by atoms with Crippen molar-refractivity contribution in [3.05, 3.63) is 58.1 Å². The summed E-state index contributed by atoms with van der Waals surface area (Å²) in [5.74, 6) is -0.365. The predicted molar refractivity (Wildman–Crippen MR) is 103 cm³/mol. The molecule has 1 fully saturated rings. The Balaban J connectivity index is 1.90. The van der Waals surface area contributed by atoms with Gasteiger partial charge in [-0.25, -0.2) is 8.42 Å². The summed E-state index contributed by atoms with van der Waals surface area (Å²) >= 11 is 3.38. The van der Waals surface area contributed by atoms with Gasteiger partial charge in [-0.2, -0.15) is 4.31 Å². The third kappa shape index (κ3) is 3.98. The number of aryl methyl sites for hydroxylation is 1. The lowest BCUT2D eigenvalue weighted by molar-refractivity contribution is 0.0730. The molecule has 8 heteroatoms. The van der Waals surface area contributed by atoms with Crippen molar-refractivity contribution in [2.75, 3.05) is 31.6 Å². The molecule has 0 spiro atoms. The molecule has 1 amide bonds. The number of ether oxygens (including phenoxy) is 1. The molecule has 0 radical (unpaired) electrons. The number of carbonyl (C=O) groups is 1. The van der Waals surface area contributed by atoms with E-state index in [0.29, 0.717) is 37.6 Å². The summed E-state index contributed by atoms with van der Waals surface area (Å²) in [5.41, 5.74) is 1.52. The van der Waals surface area contributed by atoms with E-state index in [-0.39, 0.29) is 16.4 Å². The van der Waals surface area contributed by atoms with E-state index in [9.17, 15) is 13.2 Å². The van der Waals surface area contributed by atoms with Gasteiger partial charge in [-0.3, -0.25) is 4.79 Å². The average Bonchev–Trinajstić information content (AvgIpc) is 2.64. The highest BCUT2D eigenvalue weighted by atomic mass is 79.9. The van der Waals surface area contributed by atoms with Crippen LogP contribution in [0.3, 0.4) is 0 Å². The Morgan fingerprint density at radius 2 is 1.85 bits per heavy atom. The Bertz CT molecular complexity index is 925. The number of morpholine rings is 1. The van der Waals surface area contributed by atoms with Crippen LogP contribution < -0.4 is 5.32 Å². The van der Waals surface area contributed by atoms with Crippen molar-refractivity contribution in [3.8, 4) is 0 Å². The number of anilines is 1. The van der Waals surface area contributed by atoms with E-state index in [1.54, 1.807) is 25.1 Å². The van der Waals surface area contributed by atoms with Crippen LogP contribution in [0, 0.1) is 6.92 Å². The number of nitrogens with zero attached hydrogens (tertiary/aromatic N) is 1. The third-order valence-corrected chi connectivity index (χ3v) is 6.89. The van der Waals surface area contributed by atoms with E-state index in [0.717, 1.165) is 4.47 Å². The molecule has 0 bridgehead atoms. The number of hydrogen-bond donors (Lipinski definition) is 1. The van der Waals surface area contributed by atoms with Crippen molar-refractivity contribution >= 4 is 37.5 Å². The molecule has 1 aliphatic rings. The minimum Gasteiger partial charge on any atom is -0.379 e. The molecule has 0 atom stereocenters. The number of hydrogen-bond acceptors (Lipinski definition) is 4. The van der Waals surface area contributed by atoms with Crippen LogP contribution in [0.25, 0.3) is 0 Å². The van der Waals surface area contributed by atoms with E-state index >= 15 is 0 Å². The number of sulfonamides is 1. The molecule has 6 nitrogen and oxygen atoms in total. The zero-order valence-electron chi connectivity index (χ0n) is 14.2. The van der Waals surface area contributed by atoms with Gasteiger partial charge in [0.15, 0.2) is 0 Å². The topological polar surface area (TPSA) is 75.7 Å². The van der Waals surface area contributed by atoms with Crippen LogP contribution in [0.5, 0.6) is 0 Å². The van der Waals surface area contributed by atoms with Crippen molar-refractivity contribution in [3.63, 3.8) is 0 Å². The number of carbonyl (C=O) groups excluding carboxylic acids is 1. The highest BCUT2D eigenvalue weighted by Crippen LogP contribution is 2.25. The fourth-order valence-electron chi connectivity index (χ4n) is 2.70. The van der Waals surface area contributed by atoms with Gasteiger partial charge in [0.05, 0.1) is 23.8 Å². The quantitative estimate of drug-likeness (QED) is 0.795. The maximum Gasteiger partial charge on any atom is 0.255 e. The first-order chi connectivity index (χ1) is 12.4. The second kappa shape index (κ2) is 7.87. The molecule has 0 aromatic heterocycles. The van der Waals surface area contributed by atoms with Crippen LogP contribution >= 0.6 is 15.9 Å². The number of halogens is 1. The fourth-order valence-corrected chi connectivity index (χ4v) is 4.75. The summed E-state index contributed by atoms with van der Waals surface area (Å²) in [7, 11) is -3.67. The van der Waals surface area contributed by atoms with E-state index in [2.05, 4.69) is 21.2 Å². The molecule has 0 aliphatic carbocycles. The first-order valence-electron chi connectivity index (χ1n) is 8.14. The Morgan fingerprint density at radius 3 is 2.54 bits per heavy atom. The lowest BCUT2D eigenvalue weighted by atomic mass is 10.1. The molecule has 0 unspecified atom stereocenters. The zero-order valence-corrected chi connectivity index (χ0v) is 16.6. The molecule has 1 saturated heterocycles. The van der Waals surface area contributed by atoms with Crippen LogP contribution in [-0.2, 0) is 14.8 Å². The summed E-state index contributed by atoms with van der Waals surface area (Å²) < 4.78 is 33.2. The second-order valence-electron chi connectivity index (χ2n) is 5.93. The highest BCUT2D eigenvalue weighted by molar-refractivity contribution is 9.10. The third-order valence-electron chi connectivity index (χ3n) is 4.16. The van der Waals surface area contributed by atoms with Crippen LogP contribution in [-0.4, -0.2) is 44.9 Å². The summed E-state index contributed by atoms with van der Waals surface area (Å²) in [6.45, 7) is 3.11. The predicted octanol–water partition coefficient (Wildman–Crippen LogP) is 3.03. The lowest BCUT2D eigenvalue weighted by Crippen LogP contribution is -2.40. The van der Waals surface area contributed by atoms with Gasteiger partial charge < -0.3 is 10.1 Å². The van der Waals surface area contributed by atoms with Gasteiger partial charge in [0.25, 0.3) is 5.91 Å². The molecule has 1 N–H and O–H groups in total. The second-order valence-corrected chi connectivity index (χ2v) is 8.69. The zero-order chi connectivity index (χ0) is 18.7. The van der Waals surface area contributed by atoms with Crippen LogP contribution in [0.4, 0.5) is 5.69 Å². The molecule has 2 aromatic rings. The molecule has 0 saturated carbocycles. The SMILES string of the molecule is Cc1ccc(C(=O)Nc2ccccc2Br)cc1S(=O)(=O)N1CCOCC1. The van der Waals surface area contributed by atoms with Crippen molar-refractivity contribution in [2.24, 2.45) is 0 Å². The van der Waals surface area contributed by atoms with Crippen molar-refractivity contribution < 1.29 is 17.9 Å². The normalized spacial score (nSPS) is 15.6. The number of amides is 1. The first-order valence-corrected chi connectivity index (χ1v) is 10.4. The van der Waals surface area contributed by atoms with Crippen LogP contribution in [0.2, 0.25) is 0 Å². The van der Waals surface area contributed by atoms with Gasteiger partial charge in [0.1, 0.15) is 0 Å². The smallest absolute Gasteiger partial charge is 0.255 e. The van der Waals surface area contributed by atoms with Crippen molar-refractivity contribution in [1.82, 2.24) is 4.31 Å². The molecule has 2 aromatic carbocycles. The van der Waals surface area contributed by atoms with Gasteiger partial charge in [-0.05, 0) is 52.7 Å². The van der Waals surface area contributed by atoms with E-state index < -0.39 is 10.0 Å². The first kappa shape index (κ1) is 19.0. The lowest BCUT2D eigenvalue weighted by Gasteiger charge is -2.26. The largest absolute Gasteiger partial charge is 0.379 e. The number of para-hydroxylation sites is 1. The van der Waals surface area contributed by atoms with Crippen molar-refractivity contribution in [1.29, 1.82) is 0 Å². The van der Waals surface area contributed by atoms with E-state index in [1.165, 1.54) is 10.4 Å². The number of nitrogens with one attached hydrogen (secondary N) is 1. The van der Waals surface area contributed by atoms with Gasteiger partial charge in [0, 0.05) is 23.1 Å². The van der Waals surface area contributed by atoms with Gasteiger partial charge in [0.2, 0.25) is 10.0 Å². The number of benzene rings is 2. The Hall–Kier alpha value is -1.74. The van der Waals surface area contributed by atoms with Gasteiger partial charge >= 0.3 is 0 Å². The molecule has 3 rings (SSSR count). The van der Waals surface area contributed by atoms with Gasteiger partial charge in [-0.1, -0.05) is 18.2 Å². The van der Waals surface area contributed by atoms with Gasteiger partial charge in [-0.15, -0.1) is 0 Å². The molecular formula is C18H19BrN2O4S. The Kier molecular flexibility index (Phi) is 5.76. The maximum atomic E-state index is 12.9. The molecule has 26 heavy (non-hydrogen) atoms. The summed E-state index contributed by atoms with van der Waals surface area (Å²) in [6, 6.07) is 12.0. The molecular weight excluding hydrogens is 420 g/mol. The van der Waals surface area contributed by atoms with Crippen molar-refractivity contribution in [2.45, 2.75) is 11.8 Å². The summed E-state index contributed by atoms with van der Waals surface area (Å²) in [5, 5.41) is 2.79. The Morgan fingerprint density at radius 1 is 1.15 bits per heavy atom. The minimum absolute atomic E-state index is 0.152. The van der Waals surface area contributed by atoms with Crippen LogP contribution in [0.15, 0.2) is 51.8 Å². The maximum absolute atomic E-state index is 12.9. The highest BCUT2D eigenvalue weighted by Gasteiger charge is 2.28. The molecule has 1 heterocycles.